The molecule has 0 aliphatic heterocycles. The lowest BCUT2D eigenvalue weighted by Gasteiger charge is -2.11. The molecule has 0 aliphatic carbocycles. The molecule has 0 fully saturated rings. The molecule has 2 rings (SSSR count). The van der Waals surface area contributed by atoms with Gasteiger partial charge in [0.15, 0.2) is 18.1 Å². The Labute approximate surface area is 157 Å². The second kappa shape index (κ2) is 9.96. The molecule has 0 bridgehead atoms. The van der Waals surface area contributed by atoms with E-state index in [1.807, 2.05) is 24.3 Å². The minimum Gasteiger partial charge on any atom is -0.493 e. The Bertz CT molecular complexity index is 814. The van der Waals surface area contributed by atoms with Crippen molar-refractivity contribution in [3.8, 4) is 17.2 Å². The smallest absolute Gasteiger partial charge is 0.349 e. The molecule has 7 heteroatoms. The van der Waals surface area contributed by atoms with Crippen LogP contribution in [0.5, 0.6) is 17.2 Å². The third-order valence-corrected chi connectivity index (χ3v) is 3.62. The Morgan fingerprint density at radius 2 is 1.89 bits per heavy atom. The lowest BCUT2D eigenvalue weighted by molar-refractivity contribution is -0.400. The molecule has 0 amide bonds. The molecule has 0 unspecified atom stereocenters. The number of methoxy groups -OCH3 is 1. The van der Waals surface area contributed by atoms with E-state index in [2.05, 4.69) is 6.92 Å². The van der Waals surface area contributed by atoms with E-state index < -0.39 is 10.9 Å². The van der Waals surface area contributed by atoms with E-state index in [4.69, 9.17) is 14.2 Å². The molecule has 0 spiro atoms. The topological polar surface area (TPSA) is 87.9 Å². The molecule has 0 radical (unpaired) electrons. The van der Waals surface area contributed by atoms with Crippen molar-refractivity contribution in [2.45, 2.75) is 19.8 Å². The minimum absolute atomic E-state index is 0.211. The van der Waals surface area contributed by atoms with Crippen LogP contribution >= 0.6 is 0 Å². The number of nitrogens with zero attached hydrogens (tertiary/aromatic N) is 1. The van der Waals surface area contributed by atoms with Crippen molar-refractivity contribution in [2.75, 3.05) is 13.7 Å². The highest BCUT2D eigenvalue weighted by atomic mass is 16.6. The maximum absolute atomic E-state index is 12.0. The van der Waals surface area contributed by atoms with Crippen molar-refractivity contribution < 1.29 is 23.9 Å². The van der Waals surface area contributed by atoms with Crippen LogP contribution in [0.3, 0.4) is 0 Å². The van der Waals surface area contributed by atoms with Gasteiger partial charge < -0.3 is 14.2 Å². The normalized spacial score (nSPS) is 10.6. The second-order valence-corrected chi connectivity index (χ2v) is 5.67. The summed E-state index contributed by atoms with van der Waals surface area (Å²) in [6.07, 6.45) is 4.20. The molecule has 7 nitrogen and oxygen atoms in total. The van der Waals surface area contributed by atoms with Crippen LogP contribution in [0.25, 0.3) is 6.08 Å². The van der Waals surface area contributed by atoms with Crippen molar-refractivity contribution in [3.63, 3.8) is 0 Å². The highest BCUT2D eigenvalue weighted by Gasteiger charge is 2.11. The number of hydrogen-bond acceptors (Lipinski definition) is 6. The van der Waals surface area contributed by atoms with Crippen LogP contribution in [0.2, 0.25) is 0 Å². The van der Waals surface area contributed by atoms with Gasteiger partial charge in [-0.15, -0.1) is 0 Å². The van der Waals surface area contributed by atoms with Gasteiger partial charge in [0.25, 0.3) is 0 Å². The van der Waals surface area contributed by atoms with Crippen molar-refractivity contribution in [3.05, 3.63) is 69.9 Å². The van der Waals surface area contributed by atoms with E-state index >= 15 is 0 Å². The van der Waals surface area contributed by atoms with Crippen LogP contribution in [-0.4, -0.2) is 24.6 Å². The number of aryl methyl sites for hydroxylation is 1. The van der Waals surface area contributed by atoms with Gasteiger partial charge in [0, 0.05) is 6.08 Å². The second-order valence-electron chi connectivity index (χ2n) is 5.67. The molecule has 0 heterocycles. The van der Waals surface area contributed by atoms with E-state index in [9.17, 15) is 14.9 Å². The molecular formula is C20H21NO6. The first-order chi connectivity index (χ1) is 13.0. The van der Waals surface area contributed by atoms with Gasteiger partial charge >= 0.3 is 5.97 Å². The summed E-state index contributed by atoms with van der Waals surface area (Å²) in [5.74, 6) is 0.499. The van der Waals surface area contributed by atoms with Crippen LogP contribution in [0, 0.1) is 10.1 Å². The summed E-state index contributed by atoms with van der Waals surface area (Å²) in [4.78, 5) is 21.8. The summed E-state index contributed by atoms with van der Waals surface area (Å²) in [7, 11) is 1.42. The first kappa shape index (κ1) is 20.0. The molecule has 2 aromatic rings. The molecular weight excluding hydrogens is 350 g/mol. The van der Waals surface area contributed by atoms with Crippen LogP contribution in [-0.2, 0) is 11.2 Å². The zero-order valence-corrected chi connectivity index (χ0v) is 15.2. The van der Waals surface area contributed by atoms with Gasteiger partial charge in [0.05, 0.1) is 12.0 Å². The Balaban J connectivity index is 1.95. The SMILES string of the molecule is CCCc1ccc(OCC(=O)Oc2ccc(/C=C/[N+](=O)[O-])cc2OC)cc1. The Kier molecular flexibility index (Phi) is 7.37. The Morgan fingerprint density at radius 1 is 1.15 bits per heavy atom. The summed E-state index contributed by atoms with van der Waals surface area (Å²) in [6.45, 7) is 1.86. The number of rotatable bonds is 9. The number of esters is 1. The quantitative estimate of drug-likeness (QED) is 0.288. The maximum Gasteiger partial charge on any atom is 0.349 e. The van der Waals surface area contributed by atoms with Gasteiger partial charge in [0.1, 0.15) is 5.75 Å². The summed E-state index contributed by atoms with van der Waals surface area (Å²) in [5.41, 5.74) is 1.76. The van der Waals surface area contributed by atoms with Gasteiger partial charge in [-0.3, -0.25) is 10.1 Å². The highest BCUT2D eigenvalue weighted by Crippen LogP contribution is 2.28. The van der Waals surface area contributed by atoms with Gasteiger partial charge in [0.2, 0.25) is 6.20 Å². The maximum atomic E-state index is 12.0. The van der Waals surface area contributed by atoms with E-state index in [0.29, 0.717) is 11.3 Å². The van der Waals surface area contributed by atoms with Crippen LogP contribution in [0.1, 0.15) is 24.5 Å². The third-order valence-electron chi connectivity index (χ3n) is 3.62. The minimum atomic E-state index is -0.584. The van der Waals surface area contributed by atoms with Gasteiger partial charge in [-0.25, -0.2) is 4.79 Å². The fourth-order valence-electron chi connectivity index (χ4n) is 2.35. The lowest BCUT2D eigenvalue weighted by atomic mass is 10.1. The molecule has 142 valence electrons. The number of carbonyl (C=O) groups excluding carboxylic acids is 1. The van der Waals surface area contributed by atoms with Crippen molar-refractivity contribution in [2.24, 2.45) is 0 Å². The number of carbonyl (C=O) groups is 1. The fraction of sp³-hybridized carbons (Fsp3) is 0.250. The highest BCUT2D eigenvalue weighted by molar-refractivity contribution is 5.75. The standard InChI is InChI=1S/C20H21NO6/c1-3-4-15-5-8-17(9-6-15)26-14-20(22)27-18-10-7-16(11-12-21(23)24)13-19(18)25-2/h5-13H,3-4,14H2,1-2H3/b12-11+. The third kappa shape index (κ3) is 6.47. The molecule has 2 aromatic carbocycles. The molecule has 27 heavy (non-hydrogen) atoms. The predicted molar refractivity (Wildman–Crippen MR) is 101 cm³/mol. The predicted octanol–water partition coefficient (Wildman–Crippen LogP) is 3.88. The fourth-order valence-corrected chi connectivity index (χ4v) is 2.35. The van der Waals surface area contributed by atoms with E-state index in [1.54, 1.807) is 6.07 Å². The van der Waals surface area contributed by atoms with Gasteiger partial charge in [-0.2, -0.15) is 0 Å². The molecule has 0 aromatic heterocycles. The zero-order chi connectivity index (χ0) is 19.6. The van der Waals surface area contributed by atoms with E-state index in [0.717, 1.165) is 19.0 Å². The van der Waals surface area contributed by atoms with Crippen molar-refractivity contribution in [1.29, 1.82) is 0 Å². The summed E-state index contributed by atoms with van der Waals surface area (Å²) >= 11 is 0. The molecule has 0 N–H and O–H groups in total. The summed E-state index contributed by atoms with van der Waals surface area (Å²) in [5, 5.41) is 10.4. The Hall–Kier alpha value is -3.35. The van der Waals surface area contributed by atoms with Crippen LogP contribution < -0.4 is 14.2 Å². The van der Waals surface area contributed by atoms with E-state index in [1.165, 1.54) is 30.9 Å². The van der Waals surface area contributed by atoms with Crippen molar-refractivity contribution >= 4 is 12.0 Å². The first-order valence-corrected chi connectivity index (χ1v) is 8.44. The average Bonchev–Trinajstić information content (AvgIpc) is 2.66. The largest absolute Gasteiger partial charge is 0.493 e. The van der Waals surface area contributed by atoms with Crippen LogP contribution in [0.15, 0.2) is 48.7 Å². The molecule has 0 saturated heterocycles. The lowest BCUT2D eigenvalue weighted by Crippen LogP contribution is -2.18. The van der Waals surface area contributed by atoms with E-state index in [-0.39, 0.29) is 18.1 Å². The molecule has 0 atom stereocenters. The summed E-state index contributed by atoms with van der Waals surface area (Å²) < 4.78 is 15.9. The Morgan fingerprint density at radius 3 is 2.52 bits per heavy atom. The number of ether oxygens (including phenoxy) is 3. The zero-order valence-electron chi connectivity index (χ0n) is 15.2. The monoisotopic (exact) mass is 371 g/mol. The van der Waals surface area contributed by atoms with Gasteiger partial charge in [-0.05, 0) is 41.8 Å². The summed E-state index contributed by atoms with van der Waals surface area (Å²) in [6, 6.07) is 12.2. The van der Waals surface area contributed by atoms with Gasteiger partial charge in [-0.1, -0.05) is 31.5 Å². The number of nitro groups is 1. The average molecular weight is 371 g/mol. The van der Waals surface area contributed by atoms with Crippen LogP contribution in [0.4, 0.5) is 0 Å². The molecule has 0 aliphatic rings. The number of hydrogen-bond donors (Lipinski definition) is 0. The first-order valence-electron chi connectivity index (χ1n) is 8.44. The molecule has 0 saturated carbocycles. The van der Waals surface area contributed by atoms with Crippen molar-refractivity contribution in [1.82, 2.24) is 0 Å². The number of benzene rings is 2.